The van der Waals surface area contributed by atoms with Crippen molar-refractivity contribution in [2.24, 2.45) is 7.05 Å². The molecule has 1 amide bonds. The molecular formula is C14H16N2O2S. The fraction of sp³-hybridized carbons (Fsp3) is 0.357. The van der Waals surface area contributed by atoms with Gasteiger partial charge in [0.15, 0.2) is 0 Å². The molecule has 0 spiro atoms. The van der Waals surface area contributed by atoms with Gasteiger partial charge in [0.2, 0.25) is 0 Å². The van der Waals surface area contributed by atoms with Crippen LogP contribution in [0.15, 0.2) is 35.2 Å². The molecule has 5 heteroatoms. The zero-order valence-electron chi connectivity index (χ0n) is 10.8. The molecule has 0 saturated carbocycles. The van der Waals surface area contributed by atoms with Gasteiger partial charge < -0.3 is 14.2 Å². The van der Waals surface area contributed by atoms with Crippen molar-refractivity contribution in [1.82, 2.24) is 9.47 Å². The average molecular weight is 276 g/mol. The van der Waals surface area contributed by atoms with Gasteiger partial charge in [-0.25, -0.2) is 0 Å². The zero-order valence-corrected chi connectivity index (χ0v) is 11.6. The fourth-order valence-corrected chi connectivity index (χ4v) is 3.09. The first kappa shape index (κ1) is 12.4. The number of rotatable bonds is 2. The quantitative estimate of drug-likeness (QED) is 0.843. The molecule has 1 fully saturated rings. The summed E-state index contributed by atoms with van der Waals surface area (Å²) in [7, 11) is 2.00. The number of hydrogen-bond donors (Lipinski definition) is 0. The van der Waals surface area contributed by atoms with Crippen molar-refractivity contribution in [3.8, 4) is 0 Å². The van der Waals surface area contributed by atoms with E-state index >= 15 is 0 Å². The van der Waals surface area contributed by atoms with Crippen LogP contribution >= 0.6 is 11.3 Å². The van der Waals surface area contributed by atoms with Crippen LogP contribution in [-0.2, 0) is 11.8 Å². The van der Waals surface area contributed by atoms with Crippen molar-refractivity contribution in [1.29, 1.82) is 0 Å². The predicted octanol–water partition coefficient (Wildman–Crippen LogP) is 2.30. The van der Waals surface area contributed by atoms with E-state index in [0.29, 0.717) is 19.8 Å². The van der Waals surface area contributed by atoms with Gasteiger partial charge in [-0.1, -0.05) is 0 Å². The third-order valence-corrected chi connectivity index (χ3v) is 4.17. The normalized spacial score (nSPS) is 19.6. The topological polar surface area (TPSA) is 34.5 Å². The van der Waals surface area contributed by atoms with E-state index in [1.165, 1.54) is 0 Å². The molecule has 3 rings (SSSR count). The number of carbonyl (C=O) groups excluding carboxylic acids is 1. The standard InChI is InChI=1S/C14H16N2O2S/c1-15-5-2-3-12(15)13-9-18-7-6-16(13)14(17)11-4-8-19-10-11/h2-5,8,10,13H,6-7,9H2,1H3/t13-/m1/s1. The summed E-state index contributed by atoms with van der Waals surface area (Å²) in [6, 6.07) is 5.93. The molecule has 0 unspecified atom stereocenters. The molecule has 0 aromatic carbocycles. The molecule has 1 aliphatic rings. The van der Waals surface area contributed by atoms with Crippen LogP contribution in [0.1, 0.15) is 22.1 Å². The maximum atomic E-state index is 12.5. The van der Waals surface area contributed by atoms with Gasteiger partial charge >= 0.3 is 0 Å². The van der Waals surface area contributed by atoms with Crippen molar-refractivity contribution >= 4 is 17.2 Å². The van der Waals surface area contributed by atoms with Crippen LogP contribution in [0.3, 0.4) is 0 Å². The molecule has 0 bridgehead atoms. The van der Waals surface area contributed by atoms with Crippen molar-refractivity contribution in [2.45, 2.75) is 6.04 Å². The average Bonchev–Trinajstić information content (AvgIpc) is 3.09. The number of morpholine rings is 1. The van der Waals surface area contributed by atoms with Crippen molar-refractivity contribution in [3.63, 3.8) is 0 Å². The maximum Gasteiger partial charge on any atom is 0.255 e. The first-order chi connectivity index (χ1) is 9.27. The van der Waals surface area contributed by atoms with Crippen molar-refractivity contribution < 1.29 is 9.53 Å². The second kappa shape index (κ2) is 5.19. The van der Waals surface area contributed by atoms with Gasteiger partial charge in [0, 0.05) is 30.9 Å². The molecule has 1 saturated heterocycles. The third-order valence-electron chi connectivity index (χ3n) is 3.48. The number of thiophene rings is 1. The summed E-state index contributed by atoms with van der Waals surface area (Å²) < 4.78 is 7.60. The van der Waals surface area contributed by atoms with Crippen molar-refractivity contribution in [2.75, 3.05) is 19.8 Å². The monoisotopic (exact) mass is 276 g/mol. The summed E-state index contributed by atoms with van der Waals surface area (Å²) in [4.78, 5) is 14.5. The van der Waals surface area contributed by atoms with E-state index < -0.39 is 0 Å². The van der Waals surface area contributed by atoms with Gasteiger partial charge in [0.05, 0.1) is 24.8 Å². The van der Waals surface area contributed by atoms with E-state index in [9.17, 15) is 4.79 Å². The summed E-state index contributed by atoms with van der Waals surface area (Å²) in [5, 5.41) is 3.84. The Kier molecular flexibility index (Phi) is 3.40. The van der Waals surface area contributed by atoms with Crippen LogP contribution in [0.2, 0.25) is 0 Å². The third kappa shape index (κ3) is 2.31. The minimum absolute atomic E-state index is 0.00106. The Morgan fingerprint density at radius 1 is 1.47 bits per heavy atom. The highest BCUT2D eigenvalue weighted by Crippen LogP contribution is 2.26. The lowest BCUT2D eigenvalue weighted by atomic mass is 10.1. The minimum atomic E-state index is 0.00106. The lowest BCUT2D eigenvalue weighted by Gasteiger charge is -2.35. The number of nitrogens with zero attached hydrogens (tertiary/aromatic N) is 2. The predicted molar refractivity (Wildman–Crippen MR) is 74.3 cm³/mol. The summed E-state index contributed by atoms with van der Waals surface area (Å²) >= 11 is 1.55. The molecule has 2 aromatic heterocycles. The van der Waals surface area contributed by atoms with E-state index in [2.05, 4.69) is 0 Å². The van der Waals surface area contributed by atoms with Crippen LogP contribution < -0.4 is 0 Å². The molecule has 2 aromatic rings. The number of amides is 1. The molecule has 3 heterocycles. The fourth-order valence-electron chi connectivity index (χ4n) is 2.46. The van der Waals surface area contributed by atoms with E-state index in [1.54, 1.807) is 11.3 Å². The Bertz CT molecular complexity index is 562. The van der Waals surface area contributed by atoms with Crippen LogP contribution in [-0.4, -0.2) is 35.1 Å². The number of ether oxygens (including phenoxy) is 1. The summed E-state index contributed by atoms with van der Waals surface area (Å²) in [6.45, 7) is 1.81. The molecule has 0 aliphatic carbocycles. The Morgan fingerprint density at radius 3 is 3.05 bits per heavy atom. The lowest BCUT2D eigenvalue weighted by molar-refractivity contribution is -0.00460. The highest BCUT2D eigenvalue weighted by Gasteiger charge is 2.30. The Hall–Kier alpha value is -1.59. The van der Waals surface area contributed by atoms with Gasteiger partial charge in [0.1, 0.15) is 0 Å². The smallest absolute Gasteiger partial charge is 0.255 e. The maximum absolute atomic E-state index is 12.5. The largest absolute Gasteiger partial charge is 0.377 e. The number of carbonyl (C=O) groups is 1. The molecule has 0 N–H and O–H groups in total. The Morgan fingerprint density at radius 2 is 2.37 bits per heavy atom. The van der Waals surface area contributed by atoms with E-state index in [1.807, 2.05) is 51.7 Å². The Balaban J connectivity index is 1.90. The van der Waals surface area contributed by atoms with Gasteiger partial charge in [-0.05, 0) is 23.6 Å². The molecular weight excluding hydrogens is 260 g/mol. The summed E-state index contributed by atoms with van der Waals surface area (Å²) in [5.74, 6) is 0.0933. The molecule has 100 valence electrons. The summed E-state index contributed by atoms with van der Waals surface area (Å²) in [6.07, 6.45) is 2.00. The van der Waals surface area contributed by atoms with Crippen LogP contribution in [0.5, 0.6) is 0 Å². The van der Waals surface area contributed by atoms with Crippen LogP contribution in [0.25, 0.3) is 0 Å². The van der Waals surface area contributed by atoms with E-state index in [-0.39, 0.29) is 11.9 Å². The second-order valence-electron chi connectivity index (χ2n) is 4.65. The molecule has 19 heavy (non-hydrogen) atoms. The first-order valence-corrected chi connectivity index (χ1v) is 7.24. The van der Waals surface area contributed by atoms with E-state index in [0.717, 1.165) is 11.3 Å². The first-order valence-electron chi connectivity index (χ1n) is 6.29. The molecule has 1 atom stereocenters. The second-order valence-corrected chi connectivity index (χ2v) is 5.43. The van der Waals surface area contributed by atoms with E-state index in [4.69, 9.17) is 4.74 Å². The van der Waals surface area contributed by atoms with Crippen LogP contribution in [0, 0.1) is 0 Å². The van der Waals surface area contributed by atoms with Gasteiger partial charge in [-0.15, -0.1) is 0 Å². The lowest BCUT2D eigenvalue weighted by Crippen LogP contribution is -2.43. The molecule has 1 aliphatic heterocycles. The molecule has 4 nitrogen and oxygen atoms in total. The number of aryl methyl sites for hydroxylation is 1. The highest BCUT2D eigenvalue weighted by atomic mass is 32.1. The molecule has 0 radical (unpaired) electrons. The Labute approximate surface area is 116 Å². The number of hydrogen-bond acceptors (Lipinski definition) is 3. The highest BCUT2D eigenvalue weighted by molar-refractivity contribution is 7.08. The zero-order chi connectivity index (χ0) is 13.2. The van der Waals surface area contributed by atoms with Gasteiger partial charge in [-0.2, -0.15) is 11.3 Å². The van der Waals surface area contributed by atoms with Gasteiger partial charge in [-0.3, -0.25) is 4.79 Å². The van der Waals surface area contributed by atoms with Gasteiger partial charge in [0.25, 0.3) is 5.91 Å². The summed E-state index contributed by atoms with van der Waals surface area (Å²) in [5.41, 5.74) is 1.88. The SMILES string of the molecule is Cn1cccc1[C@H]1COCCN1C(=O)c1ccsc1. The van der Waals surface area contributed by atoms with Crippen LogP contribution in [0.4, 0.5) is 0 Å². The minimum Gasteiger partial charge on any atom is -0.377 e. The van der Waals surface area contributed by atoms with Crippen molar-refractivity contribution in [3.05, 3.63) is 46.4 Å². The number of aromatic nitrogens is 1.